The highest BCUT2D eigenvalue weighted by atomic mass is 35.5. The quantitative estimate of drug-likeness (QED) is 0.664. The summed E-state index contributed by atoms with van der Waals surface area (Å²) < 4.78 is 0. The van der Waals surface area contributed by atoms with Gasteiger partial charge in [-0.1, -0.05) is 41.4 Å². The number of benzene rings is 2. The van der Waals surface area contributed by atoms with Gasteiger partial charge in [0.15, 0.2) is 0 Å². The Balaban J connectivity index is 1.88. The maximum absolute atomic E-state index is 6.30. The van der Waals surface area contributed by atoms with E-state index in [9.17, 15) is 0 Å². The Morgan fingerprint density at radius 1 is 1.00 bits per heavy atom. The van der Waals surface area contributed by atoms with Crippen molar-refractivity contribution in [3.8, 4) is 0 Å². The molecule has 2 aromatic rings. The highest BCUT2D eigenvalue weighted by molar-refractivity contribution is 6.31. The molecule has 4 rings (SSSR count). The van der Waals surface area contributed by atoms with Crippen LogP contribution in [0.3, 0.4) is 0 Å². The summed E-state index contributed by atoms with van der Waals surface area (Å²) in [4.78, 5) is 2.51. The lowest BCUT2D eigenvalue weighted by Gasteiger charge is -2.37. The minimum absolute atomic E-state index is 0.403. The minimum atomic E-state index is 0.403. The molecule has 3 unspecified atom stereocenters. The fraction of sp³-hybridized carbons (Fsp3) is 0.368. The van der Waals surface area contributed by atoms with E-state index in [4.69, 9.17) is 23.2 Å². The molecule has 1 saturated heterocycles. The van der Waals surface area contributed by atoms with Crippen LogP contribution in [0.1, 0.15) is 41.5 Å². The van der Waals surface area contributed by atoms with Crippen molar-refractivity contribution in [3.05, 3.63) is 69.2 Å². The van der Waals surface area contributed by atoms with Crippen LogP contribution in [0.15, 0.2) is 42.5 Å². The normalized spacial score (nSPS) is 27.5. The number of nitrogens with zero attached hydrogens (tertiary/aromatic N) is 1. The molecule has 1 fully saturated rings. The summed E-state index contributed by atoms with van der Waals surface area (Å²) in [6, 6.07) is 15.2. The van der Waals surface area contributed by atoms with Gasteiger partial charge < -0.3 is 0 Å². The third kappa shape index (κ3) is 2.27. The molecule has 1 heterocycles. The van der Waals surface area contributed by atoms with E-state index >= 15 is 0 Å². The number of rotatable bonds is 1. The van der Waals surface area contributed by atoms with E-state index in [-0.39, 0.29) is 0 Å². The predicted molar refractivity (Wildman–Crippen MR) is 92.8 cm³/mol. The van der Waals surface area contributed by atoms with Gasteiger partial charge in [0.05, 0.1) is 0 Å². The summed E-state index contributed by atoms with van der Waals surface area (Å²) in [5.74, 6) is 1.02. The van der Waals surface area contributed by atoms with Crippen LogP contribution < -0.4 is 0 Å². The standard InChI is InChI=1S/C19H19Cl2N/c1-22-9-3-6-16-18(12-4-2-5-13(20)10-12)17-11-14(21)7-8-15(17)19(16)22/h2,4-5,7-8,10-11,16,18-19H,3,6,9H2,1H3. The maximum atomic E-state index is 6.30. The Hall–Kier alpha value is -1.02. The molecule has 1 aliphatic carbocycles. The molecule has 0 spiro atoms. The zero-order chi connectivity index (χ0) is 15.3. The SMILES string of the molecule is CN1CCCC2C(c3cccc(Cl)c3)c3cc(Cl)ccc3C21. The van der Waals surface area contributed by atoms with Crippen LogP contribution >= 0.6 is 23.2 Å². The summed E-state index contributed by atoms with van der Waals surface area (Å²) in [5.41, 5.74) is 4.15. The summed E-state index contributed by atoms with van der Waals surface area (Å²) in [5, 5.41) is 1.64. The third-order valence-electron chi connectivity index (χ3n) is 5.27. The van der Waals surface area contributed by atoms with Gasteiger partial charge in [-0.2, -0.15) is 0 Å². The highest BCUT2D eigenvalue weighted by Crippen LogP contribution is 2.54. The lowest BCUT2D eigenvalue weighted by atomic mass is 9.80. The molecule has 1 nitrogen and oxygen atoms in total. The lowest BCUT2D eigenvalue weighted by molar-refractivity contribution is 0.127. The molecule has 0 saturated carbocycles. The van der Waals surface area contributed by atoms with E-state index in [0.717, 1.165) is 10.0 Å². The van der Waals surface area contributed by atoms with E-state index in [1.54, 1.807) is 0 Å². The van der Waals surface area contributed by atoms with Crippen LogP contribution in [0.4, 0.5) is 0 Å². The van der Waals surface area contributed by atoms with Crippen LogP contribution in [-0.2, 0) is 0 Å². The Bertz CT molecular complexity index is 712. The lowest BCUT2D eigenvalue weighted by Crippen LogP contribution is -2.34. The molecule has 0 aromatic heterocycles. The van der Waals surface area contributed by atoms with Crippen molar-refractivity contribution in [1.29, 1.82) is 0 Å². The highest BCUT2D eigenvalue weighted by Gasteiger charge is 2.44. The van der Waals surface area contributed by atoms with Crippen LogP contribution in [0.5, 0.6) is 0 Å². The Morgan fingerprint density at radius 2 is 1.82 bits per heavy atom. The van der Waals surface area contributed by atoms with E-state index in [1.165, 1.54) is 36.1 Å². The van der Waals surface area contributed by atoms with Crippen molar-refractivity contribution < 1.29 is 0 Å². The van der Waals surface area contributed by atoms with Gasteiger partial charge in [-0.15, -0.1) is 0 Å². The molecule has 2 aromatic carbocycles. The number of halogens is 2. The zero-order valence-corrected chi connectivity index (χ0v) is 14.1. The number of piperidine rings is 1. The first-order valence-corrected chi connectivity index (χ1v) is 8.66. The molecule has 114 valence electrons. The minimum Gasteiger partial charge on any atom is -0.299 e. The monoisotopic (exact) mass is 331 g/mol. The van der Waals surface area contributed by atoms with Crippen molar-refractivity contribution in [1.82, 2.24) is 4.90 Å². The molecule has 0 N–H and O–H groups in total. The van der Waals surface area contributed by atoms with Crippen molar-refractivity contribution in [2.45, 2.75) is 24.8 Å². The van der Waals surface area contributed by atoms with Gasteiger partial charge in [0, 0.05) is 22.0 Å². The second kappa shape index (κ2) is 5.56. The number of likely N-dealkylation sites (tertiary alicyclic amines) is 1. The van der Waals surface area contributed by atoms with E-state index < -0.39 is 0 Å². The van der Waals surface area contributed by atoms with Crippen molar-refractivity contribution >= 4 is 23.2 Å². The molecule has 0 radical (unpaired) electrons. The zero-order valence-electron chi connectivity index (χ0n) is 12.6. The first-order valence-electron chi connectivity index (χ1n) is 7.90. The van der Waals surface area contributed by atoms with E-state index in [2.05, 4.69) is 42.3 Å². The summed E-state index contributed by atoms with van der Waals surface area (Å²) in [7, 11) is 2.25. The summed E-state index contributed by atoms with van der Waals surface area (Å²) in [6.45, 7) is 1.17. The van der Waals surface area contributed by atoms with Crippen LogP contribution in [0.25, 0.3) is 0 Å². The molecule has 0 amide bonds. The van der Waals surface area contributed by atoms with E-state index in [1.807, 2.05) is 12.1 Å². The summed E-state index contributed by atoms with van der Waals surface area (Å²) in [6.07, 6.45) is 2.52. The molecule has 1 aliphatic heterocycles. The Kier molecular flexibility index (Phi) is 3.68. The first-order chi connectivity index (χ1) is 10.6. The van der Waals surface area contributed by atoms with Gasteiger partial charge in [0.2, 0.25) is 0 Å². The topological polar surface area (TPSA) is 3.24 Å². The third-order valence-corrected chi connectivity index (χ3v) is 5.74. The molecule has 0 bridgehead atoms. The van der Waals surface area contributed by atoms with Crippen molar-refractivity contribution in [3.63, 3.8) is 0 Å². The van der Waals surface area contributed by atoms with Crippen molar-refractivity contribution in [2.24, 2.45) is 5.92 Å². The smallest absolute Gasteiger partial charge is 0.0409 e. The number of fused-ring (bicyclic) bond motifs is 3. The van der Waals surface area contributed by atoms with Gasteiger partial charge in [-0.25, -0.2) is 0 Å². The number of hydrogen-bond donors (Lipinski definition) is 0. The van der Waals surface area contributed by atoms with Gasteiger partial charge in [-0.05, 0) is 73.3 Å². The molecule has 2 aliphatic rings. The first kappa shape index (κ1) is 14.6. The van der Waals surface area contributed by atoms with Gasteiger partial charge in [0.25, 0.3) is 0 Å². The van der Waals surface area contributed by atoms with Gasteiger partial charge >= 0.3 is 0 Å². The Labute approximate surface area is 141 Å². The average Bonchev–Trinajstić information content (AvgIpc) is 2.81. The number of hydrogen-bond acceptors (Lipinski definition) is 1. The average molecular weight is 332 g/mol. The van der Waals surface area contributed by atoms with Crippen LogP contribution in [0, 0.1) is 5.92 Å². The van der Waals surface area contributed by atoms with Crippen LogP contribution in [-0.4, -0.2) is 18.5 Å². The fourth-order valence-electron chi connectivity index (χ4n) is 4.46. The van der Waals surface area contributed by atoms with Gasteiger partial charge in [0.1, 0.15) is 0 Å². The van der Waals surface area contributed by atoms with Gasteiger partial charge in [-0.3, -0.25) is 4.90 Å². The summed E-state index contributed by atoms with van der Waals surface area (Å²) >= 11 is 12.6. The second-order valence-electron chi connectivity index (χ2n) is 6.54. The molecule has 3 atom stereocenters. The Morgan fingerprint density at radius 3 is 2.64 bits per heavy atom. The van der Waals surface area contributed by atoms with E-state index in [0.29, 0.717) is 17.9 Å². The molecular weight excluding hydrogens is 313 g/mol. The van der Waals surface area contributed by atoms with Crippen molar-refractivity contribution in [2.75, 3.05) is 13.6 Å². The maximum Gasteiger partial charge on any atom is 0.0409 e. The molecule has 22 heavy (non-hydrogen) atoms. The fourth-order valence-corrected chi connectivity index (χ4v) is 4.84. The largest absolute Gasteiger partial charge is 0.299 e. The van der Waals surface area contributed by atoms with Crippen LogP contribution in [0.2, 0.25) is 10.0 Å². The second-order valence-corrected chi connectivity index (χ2v) is 7.41. The molecular formula is C19H19Cl2N. The predicted octanol–water partition coefficient (Wildman–Crippen LogP) is 5.52. The molecule has 3 heteroatoms.